The fourth-order valence-corrected chi connectivity index (χ4v) is 4.93. The first kappa shape index (κ1) is 21.5. The molecule has 5 rings (SSSR count). The fraction of sp³-hybridized carbons (Fsp3) is 0.400. The number of alkyl carbamates (subject to hydrolysis) is 1. The molecule has 8 nitrogen and oxygen atoms in total. The first-order chi connectivity index (χ1) is 16.0. The number of ether oxygens (including phenoxy) is 2. The Bertz CT molecular complexity index is 1040. The molecule has 2 fully saturated rings. The normalized spacial score (nSPS) is 25.1. The monoisotopic (exact) mass is 450 g/mol. The van der Waals surface area contributed by atoms with E-state index in [0.29, 0.717) is 26.0 Å². The molecule has 1 saturated carbocycles. The maximum absolute atomic E-state index is 12.4. The number of amides is 2. The van der Waals surface area contributed by atoms with E-state index in [-0.39, 0.29) is 30.3 Å². The topological polar surface area (TPSA) is 114 Å². The molecule has 1 saturated heterocycles. The fourth-order valence-electron chi connectivity index (χ4n) is 4.93. The van der Waals surface area contributed by atoms with Crippen molar-refractivity contribution in [3.63, 3.8) is 0 Å². The highest BCUT2D eigenvalue weighted by Gasteiger charge is 2.45. The number of rotatable bonds is 7. The van der Waals surface area contributed by atoms with Crippen molar-refractivity contribution >= 4 is 18.0 Å². The first-order valence-corrected chi connectivity index (χ1v) is 11.3. The molecule has 3 aliphatic rings. The third-order valence-electron chi connectivity index (χ3n) is 6.77. The number of hydrogen-bond donors (Lipinski definition) is 3. The number of hydrogen-bond acceptors (Lipinski definition) is 5. The van der Waals surface area contributed by atoms with Crippen molar-refractivity contribution < 1.29 is 29.0 Å². The third kappa shape index (κ3) is 4.30. The Labute approximate surface area is 191 Å². The van der Waals surface area contributed by atoms with Gasteiger partial charge in [-0.2, -0.15) is 0 Å². The van der Waals surface area contributed by atoms with Crippen molar-refractivity contribution in [2.24, 2.45) is 11.8 Å². The Morgan fingerprint density at radius 3 is 2.36 bits per heavy atom. The average molecular weight is 450 g/mol. The van der Waals surface area contributed by atoms with Crippen LogP contribution < -0.4 is 10.6 Å². The summed E-state index contributed by atoms with van der Waals surface area (Å²) in [5, 5.41) is 14.7. The van der Waals surface area contributed by atoms with Gasteiger partial charge in [-0.1, -0.05) is 48.5 Å². The van der Waals surface area contributed by atoms with E-state index in [1.165, 1.54) is 11.1 Å². The molecule has 2 aromatic rings. The number of carboxylic acid groups (broad SMARTS) is 1. The Morgan fingerprint density at radius 2 is 1.70 bits per heavy atom. The number of carbonyl (C=O) groups is 3. The number of benzene rings is 2. The van der Waals surface area contributed by atoms with E-state index in [4.69, 9.17) is 14.6 Å². The second-order valence-electron chi connectivity index (χ2n) is 8.84. The van der Waals surface area contributed by atoms with Gasteiger partial charge < -0.3 is 25.2 Å². The predicted molar refractivity (Wildman–Crippen MR) is 119 cm³/mol. The van der Waals surface area contributed by atoms with E-state index in [9.17, 15) is 14.4 Å². The zero-order valence-corrected chi connectivity index (χ0v) is 18.0. The molecular formula is C25H26N2O6. The molecule has 2 aliphatic carbocycles. The number of nitrogens with one attached hydrogen (secondary N) is 2. The van der Waals surface area contributed by atoms with Gasteiger partial charge in [-0.05, 0) is 41.0 Å². The van der Waals surface area contributed by atoms with E-state index in [1.807, 2.05) is 24.3 Å². The van der Waals surface area contributed by atoms with Gasteiger partial charge >= 0.3 is 12.1 Å². The highest BCUT2D eigenvalue weighted by Crippen LogP contribution is 2.44. The summed E-state index contributed by atoms with van der Waals surface area (Å²) in [4.78, 5) is 35.9. The zero-order valence-electron chi connectivity index (χ0n) is 18.0. The van der Waals surface area contributed by atoms with Gasteiger partial charge in [0.2, 0.25) is 5.91 Å². The largest absolute Gasteiger partial charge is 0.479 e. The van der Waals surface area contributed by atoms with Gasteiger partial charge in [0.25, 0.3) is 0 Å². The lowest BCUT2D eigenvalue weighted by molar-refractivity contribution is -0.148. The number of fused-ring (bicyclic) bond motifs is 3. The standard InChI is InChI=1S/C25H26N2O6/c28-23(27-21-9-10-32-22(21)24(29)30)19-11-14(19)12-26-25(31)33-13-20-17-7-3-1-5-15(17)16-6-2-4-8-18(16)20/h1-8,14,19-22H,9-13H2,(H,26,31)(H,27,28)(H,29,30)/t14-,19-,21+,22-/m1/s1. The Hall–Kier alpha value is -3.39. The summed E-state index contributed by atoms with van der Waals surface area (Å²) < 4.78 is 10.7. The highest BCUT2D eigenvalue weighted by atomic mass is 16.5. The van der Waals surface area contributed by atoms with Crippen LogP contribution in [0.25, 0.3) is 11.1 Å². The molecule has 1 heterocycles. The smallest absolute Gasteiger partial charge is 0.407 e. The van der Waals surface area contributed by atoms with Gasteiger partial charge in [0.15, 0.2) is 6.10 Å². The lowest BCUT2D eigenvalue weighted by Gasteiger charge is -2.16. The van der Waals surface area contributed by atoms with Crippen LogP contribution in [0.1, 0.15) is 29.9 Å². The zero-order chi connectivity index (χ0) is 22.9. The van der Waals surface area contributed by atoms with E-state index < -0.39 is 24.2 Å². The molecule has 1 aliphatic heterocycles. The number of carboxylic acids is 1. The number of carbonyl (C=O) groups excluding carboxylic acids is 2. The Morgan fingerprint density at radius 1 is 1.03 bits per heavy atom. The molecule has 0 unspecified atom stereocenters. The molecule has 8 heteroatoms. The molecule has 4 atom stereocenters. The molecule has 0 aromatic heterocycles. The second kappa shape index (κ2) is 8.86. The quantitative estimate of drug-likeness (QED) is 0.597. The van der Waals surface area contributed by atoms with Crippen LogP contribution in [-0.2, 0) is 19.1 Å². The van der Waals surface area contributed by atoms with Crippen LogP contribution in [0.2, 0.25) is 0 Å². The summed E-state index contributed by atoms with van der Waals surface area (Å²) in [6, 6.07) is 15.8. The third-order valence-corrected chi connectivity index (χ3v) is 6.77. The highest BCUT2D eigenvalue weighted by molar-refractivity contribution is 5.83. The van der Waals surface area contributed by atoms with Crippen LogP contribution in [-0.4, -0.2) is 55.0 Å². The molecule has 172 valence electrons. The van der Waals surface area contributed by atoms with E-state index in [0.717, 1.165) is 11.1 Å². The van der Waals surface area contributed by atoms with Crippen LogP contribution in [0.5, 0.6) is 0 Å². The SMILES string of the molecule is O=C(NC[C@H]1C[C@H]1C(=O)N[C@H]1CCO[C@H]1C(=O)O)OCC1c2ccccc2-c2ccccc21. The summed E-state index contributed by atoms with van der Waals surface area (Å²) in [5.41, 5.74) is 4.65. The van der Waals surface area contributed by atoms with Crippen LogP contribution in [0.4, 0.5) is 4.79 Å². The van der Waals surface area contributed by atoms with Gasteiger partial charge in [-0.15, -0.1) is 0 Å². The average Bonchev–Trinajstić information content (AvgIpc) is 3.33. The molecule has 3 N–H and O–H groups in total. The van der Waals surface area contributed by atoms with Gasteiger partial charge in [0.05, 0.1) is 6.04 Å². The minimum Gasteiger partial charge on any atom is -0.479 e. The Balaban J connectivity index is 1.09. The van der Waals surface area contributed by atoms with Crippen molar-refractivity contribution in [3.05, 3.63) is 59.7 Å². The molecule has 2 amide bonds. The van der Waals surface area contributed by atoms with Gasteiger partial charge in [0.1, 0.15) is 6.61 Å². The molecular weight excluding hydrogens is 424 g/mol. The lowest BCUT2D eigenvalue weighted by Crippen LogP contribution is -2.45. The molecule has 0 bridgehead atoms. The van der Waals surface area contributed by atoms with E-state index in [2.05, 4.69) is 34.9 Å². The minimum absolute atomic E-state index is 0.00147. The van der Waals surface area contributed by atoms with E-state index >= 15 is 0 Å². The maximum atomic E-state index is 12.4. The molecule has 0 spiro atoms. The predicted octanol–water partition coefficient (Wildman–Crippen LogP) is 2.52. The summed E-state index contributed by atoms with van der Waals surface area (Å²) >= 11 is 0. The summed E-state index contributed by atoms with van der Waals surface area (Å²) in [6.07, 6.45) is -0.359. The summed E-state index contributed by atoms with van der Waals surface area (Å²) in [6.45, 7) is 0.907. The van der Waals surface area contributed by atoms with Crippen LogP contribution in [0.15, 0.2) is 48.5 Å². The van der Waals surface area contributed by atoms with Crippen molar-refractivity contribution in [1.82, 2.24) is 10.6 Å². The first-order valence-electron chi connectivity index (χ1n) is 11.3. The second-order valence-corrected chi connectivity index (χ2v) is 8.84. The van der Waals surface area contributed by atoms with Crippen molar-refractivity contribution in [2.75, 3.05) is 19.8 Å². The van der Waals surface area contributed by atoms with Gasteiger partial charge in [0, 0.05) is 25.0 Å². The van der Waals surface area contributed by atoms with Crippen molar-refractivity contribution in [1.29, 1.82) is 0 Å². The minimum atomic E-state index is -1.07. The summed E-state index contributed by atoms with van der Waals surface area (Å²) in [5.74, 6) is -1.46. The molecule has 2 aromatic carbocycles. The number of aliphatic carboxylic acids is 1. The van der Waals surface area contributed by atoms with Crippen LogP contribution in [0.3, 0.4) is 0 Å². The van der Waals surface area contributed by atoms with Crippen LogP contribution >= 0.6 is 0 Å². The molecule has 33 heavy (non-hydrogen) atoms. The Kier molecular flexibility index (Phi) is 5.76. The van der Waals surface area contributed by atoms with Crippen molar-refractivity contribution in [3.8, 4) is 11.1 Å². The maximum Gasteiger partial charge on any atom is 0.407 e. The van der Waals surface area contributed by atoms with Gasteiger partial charge in [-0.25, -0.2) is 9.59 Å². The summed E-state index contributed by atoms with van der Waals surface area (Å²) in [7, 11) is 0. The lowest BCUT2D eigenvalue weighted by atomic mass is 9.98. The molecule has 0 radical (unpaired) electrons. The van der Waals surface area contributed by atoms with Crippen molar-refractivity contribution in [2.45, 2.75) is 30.9 Å². The van der Waals surface area contributed by atoms with Gasteiger partial charge in [-0.3, -0.25) is 4.79 Å². The van der Waals surface area contributed by atoms with Crippen LogP contribution in [0, 0.1) is 11.8 Å². The van der Waals surface area contributed by atoms with E-state index in [1.54, 1.807) is 0 Å².